The monoisotopic (exact) mass is 304 g/mol. The van der Waals surface area contributed by atoms with E-state index in [-0.39, 0.29) is 12.6 Å². The highest BCUT2D eigenvalue weighted by molar-refractivity contribution is 5.05. The molecule has 1 saturated carbocycles. The maximum atomic E-state index is 12.3. The van der Waals surface area contributed by atoms with Crippen molar-refractivity contribution in [2.75, 3.05) is 6.67 Å². The third kappa shape index (κ3) is 4.17. The quantitative estimate of drug-likeness (QED) is 0.602. The van der Waals surface area contributed by atoms with E-state index < -0.39 is 36.5 Å². The van der Waals surface area contributed by atoms with Gasteiger partial charge in [0, 0.05) is 0 Å². The van der Waals surface area contributed by atoms with Crippen LogP contribution in [0.3, 0.4) is 0 Å². The second kappa shape index (κ2) is 5.40. The van der Waals surface area contributed by atoms with Crippen molar-refractivity contribution in [3.63, 3.8) is 0 Å². The molecule has 1 rings (SSSR count). The number of hydrogen-bond donors (Lipinski definition) is 0. The zero-order valence-corrected chi connectivity index (χ0v) is 10.1. The first kappa shape index (κ1) is 18.4. The fraction of sp³-hybridized carbons (Fsp3) is 1.00. The van der Waals surface area contributed by atoms with Gasteiger partial charge in [0.25, 0.3) is 5.92 Å². The third-order valence-electron chi connectivity index (χ3n) is 2.19. The van der Waals surface area contributed by atoms with Gasteiger partial charge in [-0.25, -0.2) is 8.78 Å². The van der Waals surface area contributed by atoms with E-state index in [9.17, 15) is 39.5 Å². The van der Waals surface area contributed by atoms with Crippen molar-refractivity contribution in [1.82, 2.24) is 0 Å². The molecule has 1 fully saturated rings. The van der Waals surface area contributed by atoms with E-state index in [4.69, 9.17) is 0 Å². The second-order valence-corrected chi connectivity index (χ2v) is 4.74. The van der Waals surface area contributed by atoms with Crippen molar-refractivity contribution in [2.24, 2.45) is 5.92 Å². The summed E-state index contributed by atoms with van der Waals surface area (Å²) >= 11 is 0. The minimum Gasteiger partial charge on any atom is -0.251 e. The first-order valence-corrected chi connectivity index (χ1v) is 5.26. The molecule has 0 aliphatic heterocycles. The summed E-state index contributed by atoms with van der Waals surface area (Å²) in [6.45, 7) is 3.50. The van der Waals surface area contributed by atoms with Crippen LogP contribution in [0.25, 0.3) is 0 Å². The average Bonchev–Trinajstić information content (AvgIpc) is 2.12. The molecule has 0 aromatic rings. The van der Waals surface area contributed by atoms with Gasteiger partial charge >= 0.3 is 17.8 Å². The minimum absolute atomic E-state index is 0.194. The normalized spacial score (nSPS) is 26.5. The maximum absolute atomic E-state index is 12.3. The Morgan fingerprint density at radius 2 is 1.05 bits per heavy atom. The summed E-state index contributed by atoms with van der Waals surface area (Å²) in [7, 11) is 0. The molecule has 116 valence electrons. The van der Waals surface area contributed by atoms with Crippen molar-refractivity contribution in [3.05, 3.63) is 0 Å². The molecule has 0 aromatic heterocycles. The zero-order chi connectivity index (χ0) is 15.7. The van der Waals surface area contributed by atoms with Gasteiger partial charge in [-0.1, -0.05) is 13.8 Å². The molecule has 9 heteroatoms. The van der Waals surface area contributed by atoms with Crippen LogP contribution in [0.1, 0.15) is 26.7 Å². The molecular formula is C10H13F9. The summed E-state index contributed by atoms with van der Waals surface area (Å²) in [6, 6.07) is 0. The SMILES string of the molecule is CC(C)CF.FC1(F)CC(F)(F)C(F)(F)C(F)(F)C1. The highest BCUT2D eigenvalue weighted by Gasteiger charge is 2.78. The molecule has 0 atom stereocenters. The van der Waals surface area contributed by atoms with Crippen molar-refractivity contribution >= 4 is 0 Å². The molecule has 1 aliphatic carbocycles. The molecule has 0 heterocycles. The lowest BCUT2D eigenvalue weighted by molar-refractivity contribution is -0.362. The first-order valence-electron chi connectivity index (χ1n) is 5.26. The van der Waals surface area contributed by atoms with E-state index >= 15 is 0 Å². The van der Waals surface area contributed by atoms with Crippen LogP contribution in [0.2, 0.25) is 0 Å². The zero-order valence-electron chi connectivity index (χ0n) is 10.1. The van der Waals surface area contributed by atoms with E-state index in [1.807, 2.05) is 13.8 Å². The topological polar surface area (TPSA) is 0 Å². The molecule has 0 spiro atoms. The molecule has 0 saturated heterocycles. The first-order chi connectivity index (χ1) is 8.18. The maximum Gasteiger partial charge on any atom is 0.372 e. The van der Waals surface area contributed by atoms with Gasteiger partial charge in [-0.2, -0.15) is 26.3 Å². The Labute approximate surface area is 104 Å². The van der Waals surface area contributed by atoms with E-state index in [2.05, 4.69) is 0 Å². The fourth-order valence-electron chi connectivity index (χ4n) is 1.20. The number of rotatable bonds is 1. The van der Waals surface area contributed by atoms with E-state index in [1.165, 1.54) is 0 Å². The predicted molar refractivity (Wildman–Crippen MR) is 49.8 cm³/mol. The van der Waals surface area contributed by atoms with Gasteiger partial charge in [0.2, 0.25) is 0 Å². The average molecular weight is 304 g/mol. The molecule has 0 N–H and O–H groups in total. The van der Waals surface area contributed by atoms with Crippen LogP contribution in [0.5, 0.6) is 0 Å². The van der Waals surface area contributed by atoms with Crippen LogP contribution in [-0.2, 0) is 0 Å². The molecule has 0 amide bonds. The van der Waals surface area contributed by atoms with E-state index in [0.29, 0.717) is 0 Å². The Bertz CT molecular complexity index is 273. The lowest BCUT2D eigenvalue weighted by Crippen LogP contribution is -2.62. The van der Waals surface area contributed by atoms with Crippen LogP contribution < -0.4 is 0 Å². The second-order valence-electron chi connectivity index (χ2n) is 4.74. The van der Waals surface area contributed by atoms with Crippen molar-refractivity contribution < 1.29 is 39.5 Å². The number of alkyl halides is 9. The minimum atomic E-state index is -5.72. The smallest absolute Gasteiger partial charge is 0.251 e. The van der Waals surface area contributed by atoms with Gasteiger partial charge in [-0.3, -0.25) is 4.39 Å². The van der Waals surface area contributed by atoms with Crippen LogP contribution >= 0.6 is 0 Å². The lowest BCUT2D eigenvalue weighted by atomic mass is 9.86. The van der Waals surface area contributed by atoms with Crippen LogP contribution in [0.4, 0.5) is 39.5 Å². The summed E-state index contributed by atoms with van der Waals surface area (Å²) < 4.78 is 109. The lowest BCUT2D eigenvalue weighted by Gasteiger charge is -2.40. The molecule has 0 radical (unpaired) electrons. The van der Waals surface area contributed by atoms with Gasteiger partial charge in [-0.05, 0) is 5.92 Å². The van der Waals surface area contributed by atoms with Crippen molar-refractivity contribution in [3.8, 4) is 0 Å². The highest BCUT2D eigenvalue weighted by Crippen LogP contribution is 2.57. The highest BCUT2D eigenvalue weighted by atomic mass is 19.3. The van der Waals surface area contributed by atoms with Crippen molar-refractivity contribution in [1.29, 1.82) is 0 Å². The van der Waals surface area contributed by atoms with Crippen LogP contribution in [0, 0.1) is 5.92 Å². The third-order valence-corrected chi connectivity index (χ3v) is 2.19. The summed E-state index contributed by atoms with van der Waals surface area (Å²) in [5.41, 5.74) is 0. The fourth-order valence-corrected chi connectivity index (χ4v) is 1.20. The molecule has 1 aliphatic rings. The molecule has 0 unspecified atom stereocenters. The molecule has 0 bridgehead atoms. The van der Waals surface area contributed by atoms with Gasteiger partial charge in [0.15, 0.2) is 0 Å². The predicted octanol–water partition coefficient (Wildman–Crippen LogP) is 4.93. The van der Waals surface area contributed by atoms with E-state index in [0.717, 1.165) is 0 Å². The summed E-state index contributed by atoms with van der Waals surface area (Å²) in [5, 5.41) is 0. The molecule has 0 aromatic carbocycles. The number of halogens is 9. The molecule has 19 heavy (non-hydrogen) atoms. The Hall–Kier alpha value is -0.630. The van der Waals surface area contributed by atoms with Crippen LogP contribution in [-0.4, -0.2) is 30.4 Å². The van der Waals surface area contributed by atoms with Gasteiger partial charge in [0.05, 0.1) is 19.5 Å². The Kier molecular flexibility index (Phi) is 5.22. The number of hydrogen-bond acceptors (Lipinski definition) is 0. The van der Waals surface area contributed by atoms with Crippen molar-refractivity contribution in [2.45, 2.75) is 50.4 Å². The Morgan fingerprint density at radius 1 is 0.789 bits per heavy atom. The van der Waals surface area contributed by atoms with Gasteiger partial charge in [-0.15, -0.1) is 0 Å². The van der Waals surface area contributed by atoms with Gasteiger partial charge < -0.3 is 0 Å². The Balaban J connectivity index is 0.000000555. The summed E-state index contributed by atoms with van der Waals surface area (Å²) in [5.74, 6) is -20.8. The standard InChI is InChI=1S/C6H4F8.C4H9F/c7-3(8)1-4(9,10)6(13,14)5(11,12)2-3;1-4(2)3-5/h1-2H2;4H,3H2,1-2H3. The van der Waals surface area contributed by atoms with Gasteiger partial charge in [0.1, 0.15) is 0 Å². The summed E-state index contributed by atoms with van der Waals surface area (Å²) in [4.78, 5) is 0. The van der Waals surface area contributed by atoms with Crippen LogP contribution in [0.15, 0.2) is 0 Å². The molecular weight excluding hydrogens is 291 g/mol. The van der Waals surface area contributed by atoms with E-state index in [1.54, 1.807) is 0 Å². The summed E-state index contributed by atoms with van der Waals surface area (Å²) in [6.07, 6.45) is -5.11. The Morgan fingerprint density at radius 3 is 1.26 bits per heavy atom. The molecule has 0 nitrogen and oxygen atoms in total. The largest absolute Gasteiger partial charge is 0.372 e.